The molecule has 1 N–H and O–H groups in total. The van der Waals surface area contributed by atoms with Crippen LogP contribution in [0.1, 0.15) is 31.7 Å². The number of nitrogens with zero attached hydrogens (tertiary/aromatic N) is 2. The van der Waals surface area contributed by atoms with Gasteiger partial charge in [0.25, 0.3) is 0 Å². The Bertz CT molecular complexity index is 356. The Balaban J connectivity index is 2.82. The van der Waals surface area contributed by atoms with E-state index in [9.17, 15) is 5.11 Å². The predicted molar refractivity (Wildman–Crippen MR) is 74.3 cm³/mol. The number of ether oxygens (including phenoxy) is 1. The van der Waals surface area contributed by atoms with Gasteiger partial charge in [0.2, 0.25) is 5.88 Å². The summed E-state index contributed by atoms with van der Waals surface area (Å²) in [5.74, 6) is 1.54. The minimum Gasteiger partial charge on any atom is -0.481 e. The number of unbranched alkanes of at least 4 members (excludes halogenated alkanes) is 2. The van der Waals surface area contributed by atoms with Crippen molar-refractivity contribution in [2.45, 2.75) is 33.1 Å². The van der Waals surface area contributed by atoms with Crippen LogP contribution in [0.4, 0.5) is 5.82 Å². The van der Waals surface area contributed by atoms with Crippen molar-refractivity contribution in [3.8, 4) is 5.88 Å². The van der Waals surface area contributed by atoms with E-state index in [-0.39, 0.29) is 6.61 Å². The number of pyridine rings is 1. The predicted octanol–water partition coefficient (Wildman–Crippen LogP) is 2.39. The SMILES string of the molecule is CCCCCN(CCO)c1nc(OC)ccc1C. The molecule has 0 aliphatic carbocycles. The monoisotopic (exact) mass is 252 g/mol. The number of hydrogen-bond acceptors (Lipinski definition) is 4. The van der Waals surface area contributed by atoms with E-state index >= 15 is 0 Å². The number of aryl methyl sites for hydroxylation is 1. The van der Waals surface area contributed by atoms with Gasteiger partial charge < -0.3 is 14.7 Å². The summed E-state index contributed by atoms with van der Waals surface area (Å²) in [6.45, 7) is 5.90. The van der Waals surface area contributed by atoms with Crippen LogP contribution in [0, 0.1) is 6.92 Å². The number of aromatic nitrogens is 1. The van der Waals surface area contributed by atoms with Crippen LogP contribution in [0.15, 0.2) is 12.1 Å². The highest BCUT2D eigenvalue weighted by atomic mass is 16.5. The summed E-state index contributed by atoms with van der Waals surface area (Å²) >= 11 is 0. The van der Waals surface area contributed by atoms with E-state index in [0.29, 0.717) is 12.4 Å². The van der Waals surface area contributed by atoms with Gasteiger partial charge >= 0.3 is 0 Å². The lowest BCUT2D eigenvalue weighted by atomic mass is 10.2. The number of rotatable bonds is 8. The molecule has 0 unspecified atom stereocenters. The second-order valence-electron chi connectivity index (χ2n) is 4.41. The first-order valence-corrected chi connectivity index (χ1v) is 6.60. The minimum absolute atomic E-state index is 0.143. The van der Waals surface area contributed by atoms with E-state index in [0.717, 1.165) is 24.3 Å². The van der Waals surface area contributed by atoms with Crippen LogP contribution in [-0.4, -0.2) is 36.9 Å². The van der Waals surface area contributed by atoms with Gasteiger partial charge in [-0.3, -0.25) is 0 Å². The molecule has 0 radical (unpaired) electrons. The molecule has 0 fully saturated rings. The highest BCUT2D eigenvalue weighted by molar-refractivity contribution is 5.48. The van der Waals surface area contributed by atoms with Gasteiger partial charge in [0.05, 0.1) is 13.7 Å². The van der Waals surface area contributed by atoms with Crippen molar-refractivity contribution >= 4 is 5.82 Å². The highest BCUT2D eigenvalue weighted by Gasteiger charge is 2.11. The van der Waals surface area contributed by atoms with E-state index in [4.69, 9.17) is 4.74 Å². The van der Waals surface area contributed by atoms with Gasteiger partial charge in [-0.2, -0.15) is 4.98 Å². The molecule has 0 saturated carbocycles. The molecule has 0 saturated heterocycles. The van der Waals surface area contributed by atoms with E-state index in [2.05, 4.69) is 16.8 Å². The van der Waals surface area contributed by atoms with Gasteiger partial charge in [-0.25, -0.2) is 0 Å². The summed E-state index contributed by atoms with van der Waals surface area (Å²) in [5, 5.41) is 9.17. The van der Waals surface area contributed by atoms with Crippen LogP contribution in [0.25, 0.3) is 0 Å². The Morgan fingerprint density at radius 3 is 2.67 bits per heavy atom. The average molecular weight is 252 g/mol. The van der Waals surface area contributed by atoms with Crippen molar-refractivity contribution in [3.63, 3.8) is 0 Å². The molecule has 0 bridgehead atoms. The van der Waals surface area contributed by atoms with Gasteiger partial charge in [-0.05, 0) is 18.9 Å². The molecule has 18 heavy (non-hydrogen) atoms. The van der Waals surface area contributed by atoms with E-state index in [1.54, 1.807) is 7.11 Å². The third kappa shape index (κ3) is 4.18. The fraction of sp³-hybridized carbons (Fsp3) is 0.643. The van der Waals surface area contributed by atoms with E-state index < -0.39 is 0 Å². The zero-order chi connectivity index (χ0) is 13.4. The highest BCUT2D eigenvalue weighted by Crippen LogP contribution is 2.21. The van der Waals surface area contributed by atoms with Crippen LogP contribution in [-0.2, 0) is 0 Å². The number of aliphatic hydroxyl groups is 1. The fourth-order valence-corrected chi connectivity index (χ4v) is 1.93. The quantitative estimate of drug-likeness (QED) is 0.722. The van der Waals surface area contributed by atoms with Crippen molar-refractivity contribution in [1.29, 1.82) is 0 Å². The average Bonchev–Trinajstić information content (AvgIpc) is 2.39. The van der Waals surface area contributed by atoms with Crippen molar-refractivity contribution < 1.29 is 9.84 Å². The standard InChI is InChI=1S/C14H24N2O2/c1-4-5-6-9-16(10-11-17)14-12(2)7-8-13(15-14)18-3/h7-8,17H,4-6,9-11H2,1-3H3. The molecular weight excluding hydrogens is 228 g/mol. The van der Waals surface area contributed by atoms with Crippen molar-refractivity contribution in [2.75, 3.05) is 31.7 Å². The molecular formula is C14H24N2O2. The molecule has 0 aliphatic rings. The Morgan fingerprint density at radius 2 is 2.06 bits per heavy atom. The zero-order valence-electron chi connectivity index (χ0n) is 11.6. The number of methoxy groups -OCH3 is 1. The van der Waals surface area contributed by atoms with E-state index in [1.165, 1.54) is 12.8 Å². The molecule has 102 valence electrons. The Labute approximate surface area is 110 Å². The molecule has 4 nitrogen and oxygen atoms in total. The van der Waals surface area contributed by atoms with Gasteiger partial charge in [0.1, 0.15) is 5.82 Å². The molecule has 0 aliphatic heterocycles. The van der Waals surface area contributed by atoms with Crippen LogP contribution >= 0.6 is 0 Å². The first-order valence-electron chi connectivity index (χ1n) is 6.60. The fourth-order valence-electron chi connectivity index (χ4n) is 1.93. The second kappa shape index (κ2) is 7.93. The van der Waals surface area contributed by atoms with Gasteiger partial charge in [-0.1, -0.05) is 25.8 Å². The molecule has 1 aromatic heterocycles. The minimum atomic E-state index is 0.143. The maximum Gasteiger partial charge on any atom is 0.214 e. The third-order valence-electron chi connectivity index (χ3n) is 2.95. The Hall–Kier alpha value is -1.29. The molecule has 0 amide bonds. The molecule has 1 rings (SSSR count). The molecule has 4 heteroatoms. The van der Waals surface area contributed by atoms with Gasteiger partial charge in [0, 0.05) is 19.2 Å². The topological polar surface area (TPSA) is 45.6 Å². The summed E-state index contributed by atoms with van der Waals surface area (Å²) in [4.78, 5) is 6.61. The van der Waals surface area contributed by atoms with Crippen LogP contribution in [0.2, 0.25) is 0 Å². The Morgan fingerprint density at radius 1 is 1.28 bits per heavy atom. The summed E-state index contributed by atoms with van der Waals surface area (Å²) in [6.07, 6.45) is 3.51. The van der Waals surface area contributed by atoms with Crippen molar-refractivity contribution in [3.05, 3.63) is 17.7 Å². The maximum absolute atomic E-state index is 9.17. The van der Waals surface area contributed by atoms with Gasteiger partial charge in [-0.15, -0.1) is 0 Å². The first-order chi connectivity index (χ1) is 8.72. The third-order valence-corrected chi connectivity index (χ3v) is 2.95. The zero-order valence-corrected chi connectivity index (χ0v) is 11.6. The first kappa shape index (κ1) is 14.8. The van der Waals surface area contributed by atoms with Crippen LogP contribution < -0.4 is 9.64 Å². The maximum atomic E-state index is 9.17. The molecule has 1 aromatic rings. The number of hydrogen-bond donors (Lipinski definition) is 1. The molecule has 0 atom stereocenters. The normalized spacial score (nSPS) is 10.4. The summed E-state index contributed by atoms with van der Waals surface area (Å²) in [6, 6.07) is 3.87. The summed E-state index contributed by atoms with van der Waals surface area (Å²) in [7, 11) is 1.62. The molecule has 0 aromatic carbocycles. The van der Waals surface area contributed by atoms with E-state index in [1.807, 2.05) is 19.1 Å². The van der Waals surface area contributed by atoms with Crippen LogP contribution in [0.5, 0.6) is 5.88 Å². The lowest BCUT2D eigenvalue weighted by molar-refractivity contribution is 0.301. The largest absolute Gasteiger partial charge is 0.481 e. The lowest BCUT2D eigenvalue weighted by Gasteiger charge is -2.24. The number of aliphatic hydroxyl groups excluding tert-OH is 1. The van der Waals surface area contributed by atoms with Gasteiger partial charge in [0.15, 0.2) is 0 Å². The molecule has 0 spiro atoms. The summed E-state index contributed by atoms with van der Waals surface area (Å²) < 4.78 is 5.16. The van der Waals surface area contributed by atoms with Crippen LogP contribution in [0.3, 0.4) is 0 Å². The molecule has 1 heterocycles. The summed E-state index contributed by atoms with van der Waals surface area (Å²) in [5.41, 5.74) is 1.11. The van der Waals surface area contributed by atoms with Crippen molar-refractivity contribution in [2.24, 2.45) is 0 Å². The lowest BCUT2D eigenvalue weighted by Crippen LogP contribution is -2.29. The second-order valence-corrected chi connectivity index (χ2v) is 4.41. The Kier molecular flexibility index (Phi) is 6.50. The van der Waals surface area contributed by atoms with Crippen molar-refractivity contribution in [1.82, 2.24) is 4.98 Å². The smallest absolute Gasteiger partial charge is 0.214 e. The number of anilines is 1.